The van der Waals surface area contributed by atoms with Crippen LogP contribution in [0.3, 0.4) is 0 Å². The summed E-state index contributed by atoms with van der Waals surface area (Å²) in [5.74, 6) is 0.167. The van der Waals surface area contributed by atoms with E-state index in [9.17, 15) is 0 Å². The van der Waals surface area contributed by atoms with Crippen molar-refractivity contribution < 1.29 is 0 Å². The van der Waals surface area contributed by atoms with Gasteiger partial charge in [0.2, 0.25) is 0 Å². The highest BCUT2D eigenvalue weighted by Crippen LogP contribution is 2.52. The van der Waals surface area contributed by atoms with Crippen LogP contribution in [0.5, 0.6) is 0 Å². The molecule has 1 unspecified atom stereocenters. The Hall–Kier alpha value is -5.14. The van der Waals surface area contributed by atoms with Gasteiger partial charge in [0.25, 0.3) is 0 Å². The number of fused-ring (bicyclic) bond motifs is 5. The number of anilines is 2. The molecule has 0 fully saturated rings. The summed E-state index contributed by atoms with van der Waals surface area (Å²) in [6, 6.07) is 39.7. The first-order chi connectivity index (χ1) is 24.0. The molecule has 9 rings (SSSR count). The molecule has 0 spiro atoms. The van der Waals surface area contributed by atoms with E-state index in [4.69, 9.17) is 0 Å². The van der Waals surface area contributed by atoms with Crippen molar-refractivity contribution in [1.29, 1.82) is 0 Å². The lowest BCUT2D eigenvalue weighted by Crippen LogP contribution is -2.19. The van der Waals surface area contributed by atoms with Crippen molar-refractivity contribution in [1.82, 2.24) is 0 Å². The van der Waals surface area contributed by atoms with Crippen LogP contribution in [0.1, 0.15) is 95.5 Å². The summed E-state index contributed by atoms with van der Waals surface area (Å²) in [5.41, 5.74) is 18.8. The molecule has 1 heteroatoms. The number of nitrogens with zero attached hydrogens (tertiary/aromatic N) is 1. The summed E-state index contributed by atoms with van der Waals surface area (Å²) in [5, 5.41) is 0. The van der Waals surface area contributed by atoms with Gasteiger partial charge in [-0.15, -0.1) is 0 Å². The van der Waals surface area contributed by atoms with E-state index in [-0.39, 0.29) is 11.3 Å². The number of hydrogen-bond donors (Lipinski definition) is 0. The number of rotatable bonds is 6. The lowest BCUT2D eigenvalue weighted by molar-refractivity contribution is 0.659. The number of hydrogen-bond acceptors (Lipinski definition) is 1. The minimum absolute atomic E-state index is 0.141. The molecule has 0 saturated carbocycles. The second kappa shape index (κ2) is 12.1. The molecule has 0 heterocycles. The second-order valence-corrected chi connectivity index (χ2v) is 14.7. The summed E-state index contributed by atoms with van der Waals surface area (Å²) < 4.78 is 0. The molecule has 4 aliphatic carbocycles. The molecular weight excluding hydrogens is 591 g/mol. The number of benzene rings is 5. The van der Waals surface area contributed by atoms with E-state index in [1.165, 1.54) is 78.3 Å². The molecule has 49 heavy (non-hydrogen) atoms. The maximum absolute atomic E-state index is 2.52. The van der Waals surface area contributed by atoms with Crippen molar-refractivity contribution >= 4 is 23.5 Å². The van der Waals surface area contributed by atoms with Crippen molar-refractivity contribution in [2.45, 2.75) is 63.7 Å². The standard InChI is InChI=1S/C48H43N/c1-48(2)45-31-39(47(35-15-5-3-6-16-35)38-22-21-33-13-9-11-17-36(33)29-38)24-27-43(45)44-28-26-42(32-46(44)48)49(40-19-7-4-8-20-40)41-25-23-34-14-10-12-18-37(34)30-41/h3,5-7,11-12,15-32,47H,4,8-10,13-14H2,1-2H3. The topological polar surface area (TPSA) is 3.24 Å². The molecule has 5 aromatic carbocycles. The fraction of sp³-hybridized carbons (Fsp3) is 0.208. The van der Waals surface area contributed by atoms with Gasteiger partial charge in [-0.05, 0) is 130 Å². The van der Waals surface area contributed by atoms with Crippen molar-refractivity contribution in [3.05, 3.63) is 189 Å². The Morgan fingerprint density at radius 3 is 1.90 bits per heavy atom. The smallest absolute Gasteiger partial charge is 0.0467 e. The Morgan fingerprint density at radius 1 is 0.531 bits per heavy atom. The van der Waals surface area contributed by atoms with E-state index in [0.717, 1.165) is 38.5 Å². The van der Waals surface area contributed by atoms with Crippen molar-refractivity contribution in [2.75, 3.05) is 4.90 Å². The summed E-state index contributed by atoms with van der Waals surface area (Å²) in [7, 11) is 0. The van der Waals surface area contributed by atoms with Crippen LogP contribution in [-0.4, -0.2) is 0 Å². The van der Waals surface area contributed by atoms with E-state index in [1.54, 1.807) is 0 Å². The first kappa shape index (κ1) is 30.0. The van der Waals surface area contributed by atoms with Crippen LogP contribution in [0.25, 0.3) is 23.3 Å². The fourth-order valence-corrected chi connectivity index (χ4v) is 8.68. The van der Waals surface area contributed by atoms with Crippen molar-refractivity contribution in [2.24, 2.45) is 0 Å². The molecular formula is C48H43N. The molecule has 0 radical (unpaired) electrons. The second-order valence-electron chi connectivity index (χ2n) is 14.7. The highest BCUT2D eigenvalue weighted by atomic mass is 15.1. The van der Waals surface area contributed by atoms with Gasteiger partial charge in [0.05, 0.1) is 0 Å². The van der Waals surface area contributed by atoms with E-state index in [2.05, 4.69) is 164 Å². The average molecular weight is 634 g/mol. The maximum Gasteiger partial charge on any atom is 0.0467 e. The monoisotopic (exact) mass is 633 g/mol. The summed E-state index contributed by atoms with van der Waals surface area (Å²) in [6.07, 6.45) is 22.9. The molecule has 0 amide bonds. The lowest BCUT2D eigenvalue weighted by Gasteiger charge is -2.30. The van der Waals surface area contributed by atoms with Crippen LogP contribution in [0.15, 0.2) is 139 Å². The van der Waals surface area contributed by atoms with Crippen molar-refractivity contribution in [3.63, 3.8) is 0 Å². The first-order valence-electron chi connectivity index (χ1n) is 18.1. The van der Waals surface area contributed by atoms with E-state index in [0.29, 0.717) is 0 Å². The lowest BCUT2D eigenvalue weighted by atomic mass is 9.78. The maximum atomic E-state index is 2.52. The van der Waals surface area contributed by atoms with E-state index < -0.39 is 0 Å². The zero-order valence-corrected chi connectivity index (χ0v) is 28.6. The van der Waals surface area contributed by atoms with Gasteiger partial charge in [-0.25, -0.2) is 0 Å². The number of aryl methyl sites for hydroxylation is 2. The van der Waals surface area contributed by atoms with Crippen LogP contribution >= 0.6 is 0 Å². The molecule has 0 aliphatic heterocycles. The Balaban J connectivity index is 1.14. The van der Waals surface area contributed by atoms with Crippen LogP contribution in [-0.2, 0) is 18.3 Å². The minimum Gasteiger partial charge on any atom is -0.311 e. The van der Waals surface area contributed by atoms with Gasteiger partial charge in [-0.1, -0.05) is 129 Å². The highest BCUT2D eigenvalue weighted by molar-refractivity contribution is 5.85. The third kappa shape index (κ3) is 5.24. The molecule has 0 N–H and O–H groups in total. The zero-order chi connectivity index (χ0) is 33.0. The highest BCUT2D eigenvalue weighted by Gasteiger charge is 2.37. The number of allylic oxidation sites excluding steroid dienone is 5. The zero-order valence-electron chi connectivity index (χ0n) is 28.6. The first-order valence-corrected chi connectivity index (χ1v) is 18.1. The van der Waals surface area contributed by atoms with Gasteiger partial charge in [0.15, 0.2) is 0 Å². The van der Waals surface area contributed by atoms with Crippen molar-refractivity contribution in [3.8, 4) is 11.1 Å². The van der Waals surface area contributed by atoms with E-state index >= 15 is 0 Å². The van der Waals surface area contributed by atoms with Crippen LogP contribution in [0.4, 0.5) is 11.4 Å². The van der Waals surface area contributed by atoms with Crippen LogP contribution in [0, 0.1) is 0 Å². The molecule has 1 atom stereocenters. The van der Waals surface area contributed by atoms with Crippen LogP contribution < -0.4 is 4.90 Å². The third-order valence-electron chi connectivity index (χ3n) is 11.3. The van der Waals surface area contributed by atoms with Gasteiger partial charge in [-0.2, -0.15) is 0 Å². The average Bonchev–Trinajstić information content (AvgIpc) is 3.37. The van der Waals surface area contributed by atoms with Gasteiger partial charge < -0.3 is 4.90 Å². The third-order valence-corrected chi connectivity index (χ3v) is 11.3. The Kier molecular flexibility index (Phi) is 7.38. The molecule has 1 nitrogen and oxygen atoms in total. The Morgan fingerprint density at radius 2 is 1.14 bits per heavy atom. The van der Waals surface area contributed by atoms with Gasteiger partial charge in [0.1, 0.15) is 0 Å². The quantitative estimate of drug-likeness (QED) is 0.168. The predicted octanol–water partition coefficient (Wildman–Crippen LogP) is 12.5. The molecule has 0 saturated heterocycles. The van der Waals surface area contributed by atoms with Gasteiger partial charge >= 0.3 is 0 Å². The largest absolute Gasteiger partial charge is 0.311 e. The minimum atomic E-state index is -0.141. The molecule has 0 bridgehead atoms. The predicted molar refractivity (Wildman–Crippen MR) is 208 cm³/mol. The molecule has 4 aliphatic rings. The summed E-state index contributed by atoms with van der Waals surface area (Å²) >= 11 is 0. The molecule has 5 aromatic rings. The van der Waals surface area contributed by atoms with Gasteiger partial charge in [-0.3, -0.25) is 0 Å². The fourth-order valence-electron chi connectivity index (χ4n) is 8.68. The molecule has 0 aromatic heterocycles. The Bertz CT molecular complexity index is 2210. The molecule has 240 valence electrons. The SMILES string of the molecule is CC1(C)c2cc(C(c3ccccc3)c3ccc4c(c3)C=CCC4)ccc2-c2ccc(N(C3=CCCC=C3)c3ccc4c(c3)C=CCC4)cc21. The van der Waals surface area contributed by atoms with Crippen LogP contribution in [0.2, 0.25) is 0 Å². The van der Waals surface area contributed by atoms with E-state index in [1.807, 2.05) is 0 Å². The Labute approximate surface area is 291 Å². The summed E-state index contributed by atoms with van der Waals surface area (Å²) in [4.78, 5) is 2.47. The summed E-state index contributed by atoms with van der Waals surface area (Å²) in [6.45, 7) is 4.83. The normalized spacial score (nSPS) is 17.1. The van der Waals surface area contributed by atoms with Gasteiger partial charge in [0, 0.05) is 28.4 Å².